The van der Waals surface area contributed by atoms with Crippen molar-refractivity contribution in [3.05, 3.63) is 65.7 Å². The van der Waals surface area contributed by atoms with Gasteiger partial charge in [-0.15, -0.1) is 0 Å². The lowest BCUT2D eigenvalue weighted by molar-refractivity contribution is -0.116. The Labute approximate surface area is 135 Å². The van der Waals surface area contributed by atoms with E-state index in [4.69, 9.17) is 4.74 Å². The number of nitrogens with one attached hydrogen (secondary N) is 2. The molecule has 0 heterocycles. The molecule has 2 rings (SSSR count). The van der Waals surface area contributed by atoms with Gasteiger partial charge in [-0.25, -0.2) is 4.79 Å². The van der Waals surface area contributed by atoms with Crippen molar-refractivity contribution in [2.75, 3.05) is 12.4 Å². The SMILES string of the molecule is COc1ccc(NC(=O)NC(=O)/C(C)=C/c2ccccc2)cc1. The predicted octanol–water partition coefficient (Wildman–Crippen LogP) is 3.45. The maximum Gasteiger partial charge on any atom is 0.326 e. The van der Waals surface area contributed by atoms with Gasteiger partial charge in [0.05, 0.1) is 7.11 Å². The van der Waals surface area contributed by atoms with E-state index >= 15 is 0 Å². The van der Waals surface area contributed by atoms with Crippen molar-refractivity contribution in [1.29, 1.82) is 0 Å². The van der Waals surface area contributed by atoms with Gasteiger partial charge in [0, 0.05) is 11.3 Å². The van der Waals surface area contributed by atoms with Gasteiger partial charge in [-0.3, -0.25) is 10.1 Å². The van der Waals surface area contributed by atoms with Crippen LogP contribution in [0, 0.1) is 0 Å². The topological polar surface area (TPSA) is 67.4 Å². The molecule has 3 amide bonds. The zero-order valence-corrected chi connectivity index (χ0v) is 13.0. The third-order valence-corrected chi connectivity index (χ3v) is 3.12. The minimum Gasteiger partial charge on any atom is -0.497 e. The van der Waals surface area contributed by atoms with E-state index in [1.165, 1.54) is 0 Å². The summed E-state index contributed by atoms with van der Waals surface area (Å²) in [5.41, 5.74) is 1.91. The molecule has 2 N–H and O–H groups in total. The van der Waals surface area contributed by atoms with Crippen molar-refractivity contribution in [2.45, 2.75) is 6.92 Å². The van der Waals surface area contributed by atoms with Crippen molar-refractivity contribution in [1.82, 2.24) is 5.32 Å². The highest BCUT2D eigenvalue weighted by molar-refractivity contribution is 6.09. The maximum atomic E-state index is 12.0. The number of rotatable bonds is 4. The third-order valence-electron chi connectivity index (χ3n) is 3.12. The van der Waals surface area contributed by atoms with E-state index in [-0.39, 0.29) is 0 Å². The molecule has 0 bridgehead atoms. The highest BCUT2D eigenvalue weighted by Gasteiger charge is 2.09. The molecule has 23 heavy (non-hydrogen) atoms. The predicted molar refractivity (Wildman–Crippen MR) is 90.2 cm³/mol. The highest BCUT2D eigenvalue weighted by atomic mass is 16.5. The van der Waals surface area contributed by atoms with Gasteiger partial charge in [0.15, 0.2) is 0 Å². The van der Waals surface area contributed by atoms with Gasteiger partial charge in [0.2, 0.25) is 0 Å². The van der Waals surface area contributed by atoms with Gasteiger partial charge in [0.25, 0.3) is 5.91 Å². The number of benzene rings is 2. The van der Waals surface area contributed by atoms with Crippen LogP contribution in [-0.4, -0.2) is 19.0 Å². The Morgan fingerprint density at radius 2 is 1.65 bits per heavy atom. The van der Waals surface area contributed by atoms with Crippen molar-refractivity contribution < 1.29 is 14.3 Å². The molecule has 0 radical (unpaired) electrons. The van der Waals surface area contributed by atoms with Crippen LogP contribution in [0.25, 0.3) is 6.08 Å². The van der Waals surface area contributed by atoms with Crippen LogP contribution in [0.5, 0.6) is 5.75 Å². The number of anilines is 1. The first-order valence-corrected chi connectivity index (χ1v) is 7.08. The van der Waals surface area contributed by atoms with E-state index in [1.807, 2.05) is 30.3 Å². The lowest BCUT2D eigenvalue weighted by Crippen LogP contribution is -2.34. The standard InChI is InChI=1S/C18H18N2O3/c1-13(12-14-6-4-3-5-7-14)17(21)20-18(22)19-15-8-10-16(23-2)11-9-15/h3-12H,1-2H3,(H2,19,20,21,22)/b13-12+. The van der Waals surface area contributed by atoms with Crippen molar-refractivity contribution >= 4 is 23.7 Å². The fourth-order valence-corrected chi connectivity index (χ4v) is 1.90. The number of carbonyl (C=O) groups excluding carboxylic acids is 2. The summed E-state index contributed by atoms with van der Waals surface area (Å²) in [5, 5.41) is 4.88. The van der Waals surface area contributed by atoms with Gasteiger partial charge >= 0.3 is 6.03 Å². The highest BCUT2D eigenvalue weighted by Crippen LogP contribution is 2.14. The van der Waals surface area contributed by atoms with Crippen LogP contribution in [0.3, 0.4) is 0 Å². The third kappa shape index (κ3) is 5.00. The van der Waals surface area contributed by atoms with Gasteiger partial charge in [0.1, 0.15) is 5.75 Å². The van der Waals surface area contributed by atoms with Crippen LogP contribution in [0.15, 0.2) is 60.2 Å². The monoisotopic (exact) mass is 310 g/mol. The minimum atomic E-state index is -0.582. The minimum absolute atomic E-state index is 0.445. The second-order valence-electron chi connectivity index (χ2n) is 4.87. The first-order chi connectivity index (χ1) is 11.1. The summed E-state index contributed by atoms with van der Waals surface area (Å²) in [6.45, 7) is 1.66. The van der Waals surface area contributed by atoms with Gasteiger partial charge in [-0.05, 0) is 42.8 Å². The second-order valence-corrected chi connectivity index (χ2v) is 4.87. The number of carbonyl (C=O) groups is 2. The summed E-state index contributed by atoms with van der Waals surface area (Å²) in [5.74, 6) is 0.244. The lowest BCUT2D eigenvalue weighted by Gasteiger charge is -2.08. The Bertz CT molecular complexity index is 707. The number of hydrogen-bond acceptors (Lipinski definition) is 3. The molecule has 118 valence electrons. The Morgan fingerprint density at radius 1 is 1.00 bits per heavy atom. The van der Waals surface area contributed by atoms with E-state index < -0.39 is 11.9 Å². The maximum absolute atomic E-state index is 12.0. The van der Waals surface area contributed by atoms with Crippen molar-refractivity contribution in [3.8, 4) is 5.75 Å². The molecule has 5 nitrogen and oxygen atoms in total. The summed E-state index contributed by atoms with van der Waals surface area (Å²) in [4.78, 5) is 23.8. The van der Waals surface area contributed by atoms with Crippen LogP contribution >= 0.6 is 0 Å². The number of urea groups is 1. The Hall–Kier alpha value is -3.08. The second kappa shape index (κ2) is 7.79. The van der Waals surface area contributed by atoms with E-state index in [0.29, 0.717) is 17.0 Å². The number of methoxy groups -OCH3 is 1. The zero-order valence-electron chi connectivity index (χ0n) is 13.0. The molecule has 0 aliphatic heterocycles. The molecule has 0 saturated heterocycles. The zero-order chi connectivity index (χ0) is 16.7. The molecular formula is C18H18N2O3. The lowest BCUT2D eigenvalue weighted by atomic mass is 10.1. The van der Waals surface area contributed by atoms with E-state index in [2.05, 4.69) is 10.6 Å². The summed E-state index contributed by atoms with van der Waals surface area (Å²) < 4.78 is 5.04. The Morgan fingerprint density at radius 3 is 2.26 bits per heavy atom. The first kappa shape index (κ1) is 16.3. The average Bonchev–Trinajstić information content (AvgIpc) is 2.56. The van der Waals surface area contributed by atoms with E-state index in [0.717, 1.165) is 5.56 Å². The molecule has 0 fully saturated rings. The number of imide groups is 1. The van der Waals surface area contributed by atoms with Gasteiger partial charge in [-0.2, -0.15) is 0 Å². The fourth-order valence-electron chi connectivity index (χ4n) is 1.90. The summed E-state index contributed by atoms with van der Waals surface area (Å²) in [6.07, 6.45) is 1.72. The summed E-state index contributed by atoms with van der Waals surface area (Å²) in [6, 6.07) is 15.7. The Balaban J connectivity index is 1.93. The normalized spacial score (nSPS) is 10.8. The summed E-state index contributed by atoms with van der Waals surface area (Å²) in [7, 11) is 1.57. The van der Waals surface area contributed by atoms with Gasteiger partial charge in [-0.1, -0.05) is 30.3 Å². The molecule has 0 aromatic heterocycles. The van der Waals surface area contributed by atoms with Crippen LogP contribution in [0.4, 0.5) is 10.5 Å². The average molecular weight is 310 g/mol. The van der Waals surface area contributed by atoms with Crippen LogP contribution < -0.4 is 15.4 Å². The largest absolute Gasteiger partial charge is 0.497 e. The molecule has 0 aliphatic rings. The van der Waals surface area contributed by atoms with Crippen LogP contribution in [0.2, 0.25) is 0 Å². The van der Waals surface area contributed by atoms with E-state index in [1.54, 1.807) is 44.4 Å². The van der Waals surface area contributed by atoms with E-state index in [9.17, 15) is 9.59 Å². The molecule has 0 unspecified atom stereocenters. The van der Waals surface area contributed by atoms with Crippen LogP contribution in [0.1, 0.15) is 12.5 Å². The molecule has 0 aliphatic carbocycles. The molecular weight excluding hydrogens is 292 g/mol. The number of hydrogen-bond donors (Lipinski definition) is 2. The van der Waals surface area contributed by atoms with Crippen LogP contribution in [-0.2, 0) is 4.79 Å². The number of ether oxygens (including phenoxy) is 1. The molecule has 0 spiro atoms. The summed E-state index contributed by atoms with van der Waals surface area (Å²) >= 11 is 0. The van der Waals surface area contributed by atoms with Crippen molar-refractivity contribution in [2.24, 2.45) is 0 Å². The molecule has 0 atom stereocenters. The smallest absolute Gasteiger partial charge is 0.326 e. The fraction of sp³-hybridized carbons (Fsp3) is 0.111. The molecule has 2 aromatic carbocycles. The quantitative estimate of drug-likeness (QED) is 0.850. The molecule has 0 saturated carbocycles. The molecule has 5 heteroatoms. The molecule has 2 aromatic rings. The first-order valence-electron chi connectivity index (χ1n) is 7.08. The number of amides is 3. The Kier molecular flexibility index (Phi) is 5.52. The van der Waals surface area contributed by atoms with Gasteiger partial charge < -0.3 is 10.1 Å². The van der Waals surface area contributed by atoms with Crippen molar-refractivity contribution in [3.63, 3.8) is 0 Å².